The molecule has 14 heteroatoms. The molecule has 3 aromatic rings. The van der Waals surface area contributed by atoms with Crippen LogP contribution >= 0.6 is 23.2 Å². The molecule has 39 heavy (non-hydrogen) atoms. The first-order valence-corrected chi connectivity index (χ1v) is 15.9. The summed E-state index contributed by atoms with van der Waals surface area (Å²) in [4.78, 5) is 1.75. The predicted molar refractivity (Wildman–Crippen MR) is 146 cm³/mol. The van der Waals surface area contributed by atoms with Gasteiger partial charge in [0.1, 0.15) is 0 Å². The van der Waals surface area contributed by atoms with Crippen molar-refractivity contribution in [3.63, 3.8) is 0 Å². The van der Waals surface area contributed by atoms with Crippen molar-refractivity contribution in [1.29, 1.82) is 0 Å². The number of fused-ring (bicyclic) bond motifs is 2. The molecule has 1 aliphatic rings. The summed E-state index contributed by atoms with van der Waals surface area (Å²) in [5, 5.41) is 0.932. The highest BCUT2D eigenvalue weighted by molar-refractivity contribution is 7.85. The van der Waals surface area contributed by atoms with Crippen LogP contribution in [0.4, 0.5) is 5.69 Å². The Morgan fingerprint density at radius 3 is 2.36 bits per heavy atom. The molecular weight excluding hydrogens is 591 g/mol. The first kappa shape index (κ1) is 29.4. The van der Waals surface area contributed by atoms with E-state index in [1.165, 1.54) is 0 Å². The van der Waals surface area contributed by atoms with Crippen LogP contribution in [-0.2, 0) is 26.8 Å². The minimum absolute atomic E-state index is 0.0800. The van der Waals surface area contributed by atoms with Crippen LogP contribution in [0.1, 0.15) is 32.1 Å². The third kappa shape index (κ3) is 7.74. The number of oxazole rings is 1. The average molecular weight is 617 g/mol. The number of hydrogen-bond donors (Lipinski definition) is 0. The summed E-state index contributed by atoms with van der Waals surface area (Å²) < 4.78 is 80.7. The third-order valence-electron chi connectivity index (χ3n) is 5.96. The van der Waals surface area contributed by atoms with Crippen molar-refractivity contribution in [1.82, 2.24) is 0 Å². The molecule has 10 nitrogen and oxygen atoms in total. The Bertz CT molecular complexity index is 1660. The Morgan fingerprint density at radius 2 is 1.67 bits per heavy atom. The van der Waals surface area contributed by atoms with E-state index < -0.39 is 31.7 Å². The number of ether oxygens (including phenoxy) is 1. The minimum atomic E-state index is -4.38. The van der Waals surface area contributed by atoms with E-state index >= 15 is 0 Å². The van der Waals surface area contributed by atoms with E-state index in [1.807, 2.05) is 6.92 Å². The van der Waals surface area contributed by atoms with Gasteiger partial charge in [0.25, 0.3) is 5.52 Å². The van der Waals surface area contributed by atoms with Crippen LogP contribution in [0.2, 0.25) is 10.0 Å². The van der Waals surface area contributed by atoms with Crippen LogP contribution < -0.4 is 14.2 Å². The number of aromatic nitrogens is 1. The summed E-state index contributed by atoms with van der Waals surface area (Å²) in [6.07, 6.45) is 4.24. The molecule has 0 radical (unpaired) electrons. The van der Waals surface area contributed by atoms with E-state index in [-0.39, 0.29) is 25.9 Å². The first-order chi connectivity index (χ1) is 18.3. The van der Waals surface area contributed by atoms with Gasteiger partial charge in [-0.2, -0.15) is 4.57 Å². The maximum absolute atomic E-state index is 11.1. The average Bonchev–Trinajstić information content (AvgIpc) is 3.34. The van der Waals surface area contributed by atoms with Gasteiger partial charge in [0.15, 0.2) is 12.3 Å². The Labute approximate surface area is 236 Å². The number of allylic oxidation sites excluding steroid dienone is 2. The minimum Gasteiger partial charge on any atom is -0.748 e. The van der Waals surface area contributed by atoms with Crippen LogP contribution in [0.3, 0.4) is 0 Å². The molecule has 4 rings (SSSR count). The summed E-state index contributed by atoms with van der Waals surface area (Å²) in [6, 6.07) is 10.1. The molecule has 0 bridgehead atoms. The largest absolute Gasteiger partial charge is 0.748 e. The number of rotatable bonds is 11. The van der Waals surface area contributed by atoms with Crippen molar-refractivity contribution in [2.75, 3.05) is 23.0 Å². The van der Waals surface area contributed by atoms with E-state index in [0.29, 0.717) is 50.8 Å². The molecule has 2 heterocycles. The lowest BCUT2D eigenvalue weighted by atomic mass is 10.1. The fourth-order valence-electron chi connectivity index (χ4n) is 4.19. The molecule has 0 atom stereocenters. The first-order valence-electron chi connectivity index (χ1n) is 12.0. The van der Waals surface area contributed by atoms with Crippen LogP contribution in [0.25, 0.3) is 17.2 Å². The topological polar surface area (TPSA) is 144 Å². The van der Waals surface area contributed by atoms with Gasteiger partial charge in [0, 0.05) is 46.7 Å². The molecule has 1 aromatic heterocycles. The smallest absolute Gasteiger partial charge is 0.374 e. The molecule has 0 fully saturated rings. The number of hydrogen-bond acceptors (Lipinski definition) is 9. The Hall–Kier alpha value is -2.61. The number of halogens is 2. The summed E-state index contributed by atoms with van der Waals surface area (Å²) in [7, 11) is -8.76. The van der Waals surface area contributed by atoms with Gasteiger partial charge in [0.2, 0.25) is 11.5 Å². The Balaban J connectivity index is 1.71. The lowest BCUT2D eigenvalue weighted by Crippen LogP contribution is -2.36. The molecule has 0 N–H and O–H groups in total. The maximum atomic E-state index is 11.1. The lowest BCUT2D eigenvalue weighted by molar-refractivity contribution is -0.677. The van der Waals surface area contributed by atoms with E-state index in [9.17, 15) is 25.9 Å². The van der Waals surface area contributed by atoms with Gasteiger partial charge in [-0.1, -0.05) is 30.1 Å². The molecule has 0 saturated carbocycles. The monoisotopic (exact) mass is 615 g/mol. The second-order valence-corrected chi connectivity index (χ2v) is 12.8. The van der Waals surface area contributed by atoms with Crippen molar-refractivity contribution in [2.24, 2.45) is 0 Å². The highest BCUT2D eigenvalue weighted by Crippen LogP contribution is 2.41. The van der Waals surface area contributed by atoms with E-state index in [0.717, 1.165) is 5.57 Å². The fraction of sp³-hybridized carbons (Fsp3) is 0.320. The van der Waals surface area contributed by atoms with E-state index in [2.05, 4.69) is 0 Å². The van der Waals surface area contributed by atoms with Crippen molar-refractivity contribution in [3.05, 3.63) is 69.9 Å². The summed E-state index contributed by atoms with van der Waals surface area (Å²) >= 11 is 12.4. The van der Waals surface area contributed by atoms with Crippen LogP contribution in [0, 0.1) is 0 Å². The summed E-state index contributed by atoms with van der Waals surface area (Å²) in [6.45, 7) is 2.32. The third-order valence-corrected chi connectivity index (χ3v) is 8.01. The quantitative estimate of drug-likeness (QED) is 0.226. The van der Waals surface area contributed by atoms with E-state index in [4.69, 9.17) is 32.4 Å². The zero-order valence-electron chi connectivity index (χ0n) is 20.8. The van der Waals surface area contributed by atoms with Gasteiger partial charge in [-0.3, -0.25) is 0 Å². The highest BCUT2D eigenvalue weighted by atomic mass is 35.5. The summed E-state index contributed by atoms with van der Waals surface area (Å²) in [5.41, 5.74) is 2.57. The second-order valence-electron chi connectivity index (χ2n) is 8.86. The van der Waals surface area contributed by atoms with Gasteiger partial charge in [-0.15, -0.1) is 0 Å². The highest BCUT2D eigenvalue weighted by Gasteiger charge is 2.27. The Kier molecular flexibility index (Phi) is 8.94. The van der Waals surface area contributed by atoms with Gasteiger partial charge in [-0.05, 0) is 48.7 Å². The number of benzene rings is 2. The molecule has 210 valence electrons. The molecule has 0 saturated heterocycles. The van der Waals surface area contributed by atoms with Crippen LogP contribution in [0.5, 0.6) is 5.75 Å². The molecule has 0 spiro atoms. The number of aryl methyl sites for hydroxylation is 1. The van der Waals surface area contributed by atoms with Gasteiger partial charge < -0.3 is 23.2 Å². The molecule has 1 aliphatic heterocycles. The zero-order valence-corrected chi connectivity index (χ0v) is 23.9. The molecular formula is C25H25Cl2N2O8S2-. The predicted octanol–water partition coefficient (Wildman–Crippen LogP) is 4.43. The summed E-state index contributed by atoms with van der Waals surface area (Å²) in [5.74, 6) is 0.296. The second kappa shape index (κ2) is 11.9. The van der Waals surface area contributed by atoms with Crippen molar-refractivity contribution >= 4 is 66.3 Å². The normalized spacial score (nSPS) is 15.3. The van der Waals surface area contributed by atoms with Gasteiger partial charge in [-0.25, -0.2) is 16.8 Å². The van der Waals surface area contributed by atoms with Crippen molar-refractivity contribution in [2.45, 2.75) is 32.7 Å². The standard InChI is InChI=1S/C25H26Cl2N2O8S2/c1-2-17(13-24-28(9-3-11-38(30,31)32)20-15-18(26)5-7-22(20)36-24)14-25-29(10-4-12-39(33,34)35)21-16-19(27)6-8-23(21)37-25/h5-8,13-16H,2-4,9-12H2,1H3,(H-,30,31,32,33,34,35)/p-1. The van der Waals surface area contributed by atoms with Crippen LogP contribution in [-0.4, -0.2) is 44.0 Å². The van der Waals surface area contributed by atoms with Crippen molar-refractivity contribution in [3.8, 4) is 5.75 Å². The number of nitrogens with zero attached hydrogens (tertiary/aromatic N) is 2. The van der Waals surface area contributed by atoms with Gasteiger partial charge >= 0.3 is 5.89 Å². The fourth-order valence-corrected chi connectivity index (χ4v) is 5.48. The van der Waals surface area contributed by atoms with Gasteiger partial charge in [0.05, 0.1) is 32.0 Å². The van der Waals surface area contributed by atoms with Crippen LogP contribution in [0.15, 0.2) is 58.3 Å². The SMILES string of the molecule is CCC(=C/c1oc2ccc(Cl)cc2[n+]1CCCS(=O)(=O)[O-])/C=C1/Oc2ccc(Cl)cc2N1CCCS(=O)(=O)[O-]. The lowest BCUT2D eigenvalue weighted by Gasteiger charge is -2.19. The maximum Gasteiger partial charge on any atom is 0.374 e. The number of anilines is 1. The molecule has 0 amide bonds. The molecule has 0 unspecified atom stereocenters. The van der Waals surface area contributed by atoms with Crippen molar-refractivity contribution < 1.29 is 39.7 Å². The van der Waals surface area contributed by atoms with E-state index in [1.54, 1.807) is 58.0 Å². The molecule has 0 aliphatic carbocycles. The molecule has 2 aromatic carbocycles. The zero-order chi connectivity index (χ0) is 28.4. The Morgan fingerprint density at radius 1 is 1.00 bits per heavy atom.